The van der Waals surface area contributed by atoms with Crippen molar-refractivity contribution in [3.05, 3.63) is 30.1 Å². The third-order valence-corrected chi connectivity index (χ3v) is 5.91. The average molecular weight is 358 g/mol. The van der Waals surface area contributed by atoms with Gasteiger partial charge in [0.15, 0.2) is 6.54 Å². The van der Waals surface area contributed by atoms with E-state index in [4.69, 9.17) is 0 Å². The van der Waals surface area contributed by atoms with Gasteiger partial charge in [-0.3, -0.25) is 4.79 Å². The molecule has 0 saturated carbocycles. The average Bonchev–Trinajstić information content (AvgIpc) is 2.54. The maximum absolute atomic E-state index is 13.0. The minimum atomic E-state index is -3.60. The molecular weight excluding hydrogens is 333 g/mol. The molecule has 1 aliphatic heterocycles. The van der Waals surface area contributed by atoms with Crippen LogP contribution in [0.15, 0.2) is 29.2 Å². The smallest absolute Gasteiger partial charge is 0.275 e. The standard InChI is InChI=1S/C16H24FN3O3S/c1-13(2)11-18-16(21)12-19-7-9-20(10-8-19)24(22,23)15-5-3-14(17)4-6-15/h3-6,13H,7-12H2,1-2H3,(H,18,21)/p+1. The fourth-order valence-corrected chi connectivity index (χ4v) is 4.02. The van der Waals surface area contributed by atoms with Crippen LogP contribution >= 0.6 is 0 Å². The summed E-state index contributed by atoms with van der Waals surface area (Å²) in [7, 11) is -3.60. The summed E-state index contributed by atoms with van der Waals surface area (Å²) in [4.78, 5) is 13.0. The van der Waals surface area contributed by atoms with Crippen molar-refractivity contribution in [3.8, 4) is 0 Å². The molecule has 2 rings (SSSR count). The van der Waals surface area contributed by atoms with Gasteiger partial charge >= 0.3 is 0 Å². The SMILES string of the molecule is CC(C)CNC(=O)C[NH+]1CCN(S(=O)(=O)c2ccc(F)cc2)CC1. The van der Waals surface area contributed by atoms with Gasteiger partial charge in [-0.2, -0.15) is 4.31 Å². The number of hydrogen-bond donors (Lipinski definition) is 2. The molecule has 134 valence electrons. The molecule has 24 heavy (non-hydrogen) atoms. The van der Waals surface area contributed by atoms with Crippen molar-refractivity contribution in [1.82, 2.24) is 9.62 Å². The summed E-state index contributed by atoms with van der Waals surface area (Å²) in [5.41, 5.74) is 0. The fraction of sp³-hybridized carbons (Fsp3) is 0.562. The Bertz CT molecular complexity index is 654. The lowest BCUT2D eigenvalue weighted by Gasteiger charge is -2.31. The van der Waals surface area contributed by atoms with E-state index in [0.29, 0.717) is 45.2 Å². The molecule has 1 aliphatic rings. The van der Waals surface area contributed by atoms with Gasteiger partial charge < -0.3 is 10.2 Å². The first-order valence-electron chi connectivity index (χ1n) is 8.15. The van der Waals surface area contributed by atoms with E-state index in [-0.39, 0.29) is 10.8 Å². The van der Waals surface area contributed by atoms with Crippen molar-refractivity contribution >= 4 is 15.9 Å². The number of amides is 1. The molecule has 1 saturated heterocycles. The summed E-state index contributed by atoms with van der Waals surface area (Å²) < 4.78 is 39.4. The van der Waals surface area contributed by atoms with Crippen LogP contribution in [0.3, 0.4) is 0 Å². The molecule has 1 heterocycles. The van der Waals surface area contributed by atoms with Crippen LogP contribution in [-0.2, 0) is 14.8 Å². The van der Waals surface area contributed by atoms with Gasteiger partial charge in [0.25, 0.3) is 5.91 Å². The first kappa shape index (κ1) is 18.8. The Morgan fingerprint density at radius 2 is 1.83 bits per heavy atom. The second-order valence-corrected chi connectivity index (χ2v) is 8.42. The number of hydrogen-bond acceptors (Lipinski definition) is 3. The predicted molar refractivity (Wildman–Crippen MR) is 88.6 cm³/mol. The van der Waals surface area contributed by atoms with E-state index in [0.717, 1.165) is 17.0 Å². The number of quaternary nitrogens is 1. The monoisotopic (exact) mass is 358 g/mol. The first-order chi connectivity index (χ1) is 11.3. The molecule has 6 nitrogen and oxygen atoms in total. The fourth-order valence-electron chi connectivity index (χ4n) is 2.58. The summed E-state index contributed by atoms with van der Waals surface area (Å²) in [6, 6.07) is 4.85. The Morgan fingerprint density at radius 1 is 1.25 bits per heavy atom. The maximum Gasteiger partial charge on any atom is 0.275 e. The number of benzene rings is 1. The van der Waals surface area contributed by atoms with Crippen molar-refractivity contribution in [2.45, 2.75) is 18.7 Å². The number of rotatable bonds is 6. The minimum absolute atomic E-state index is 0.00598. The molecule has 0 spiro atoms. The summed E-state index contributed by atoms with van der Waals surface area (Å²) >= 11 is 0. The van der Waals surface area contributed by atoms with Crippen LogP contribution in [0.25, 0.3) is 0 Å². The Balaban J connectivity index is 1.88. The van der Waals surface area contributed by atoms with Crippen LogP contribution in [0, 0.1) is 11.7 Å². The topological polar surface area (TPSA) is 70.9 Å². The van der Waals surface area contributed by atoms with Crippen LogP contribution < -0.4 is 10.2 Å². The molecule has 0 bridgehead atoms. The van der Waals surface area contributed by atoms with E-state index < -0.39 is 15.8 Å². The highest BCUT2D eigenvalue weighted by molar-refractivity contribution is 7.89. The van der Waals surface area contributed by atoms with Gasteiger partial charge in [-0.1, -0.05) is 13.8 Å². The lowest BCUT2D eigenvalue weighted by atomic mass is 10.2. The molecule has 1 aromatic carbocycles. The Kier molecular flexibility index (Phi) is 6.31. The molecule has 1 fully saturated rings. The van der Waals surface area contributed by atoms with Crippen LogP contribution in [0.1, 0.15) is 13.8 Å². The van der Waals surface area contributed by atoms with Gasteiger partial charge in [0.2, 0.25) is 10.0 Å². The third-order valence-electron chi connectivity index (χ3n) is 4.00. The molecular formula is C16H25FN3O3S+. The number of sulfonamides is 1. The summed E-state index contributed by atoms with van der Waals surface area (Å²) in [5, 5.41) is 2.87. The molecule has 0 unspecified atom stereocenters. The van der Waals surface area contributed by atoms with E-state index in [9.17, 15) is 17.6 Å². The lowest BCUT2D eigenvalue weighted by Crippen LogP contribution is -3.15. The van der Waals surface area contributed by atoms with Gasteiger partial charge in [0.1, 0.15) is 5.82 Å². The first-order valence-corrected chi connectivity index (χ1v) is 9.59. The highest BCUT2D eigenvalue weighted by Gasteiger charge is 2.31. The van der Waals surface area contributed by atoms with E-state index >= 15 is 0 Å². The van der Waals surface area contributed by atoms with E-state index in [1.165, 1.54) is 16.4 Å². The number of nitrogens with one attached hydrogen (secondary N) is 2. The molecule has 8 heteroatoms. The number of halogens is 1. The quantitative estimate of drug-likeness (QED) is 0.719. The molecule has 0 aromatic heterocycles. The van der Waals surface area contributed by atoms with Crippen molar-refractivity contribution in [1.29, 1.82) is 0 Å². The Hall–Kier alpha value is -1.51. The van der Waals surface area contributed by atoms with Crippen molar-refractivity contribution in [2.75, 3.05) is 39.3 Å². The van der Waals surface area contributed by atoms with Gasteiger partial charge in [0, 0.05) is 6.54 Å². The number of carbonyl (C=O) groups is 1. The van der Waals surface area contributed by atoms with Crippen LogP contribution in [0.5, 0.6) is 0 Å². The lowest BCUT2D eigenvalue weighted by molar-refractivity contribution is -0.895. The third kappa shape index (κ3) is 4.99. The van der Waals surface area contributed by atoms with Crippen LogP contribution in [-0.4, -0.2) is 57.9 Å². The van der Waals surface area contributed by atoms with Crippen LogP contribution in [0.2, 0.25) is 0 Å². The van der Waals surface area contributed by atoms with E-state index in [1.54, 1.807) is 0 Å². The summed E-state index contributed by atoms with van der Waals surface area (Å²) in [6.45, 7) is 6.94. The normalized spacial score (nSPS) is 17.2. The van der Waals surface area contributed by atoms with E-state index in [1.807, 2.05) is 13.8 Å². The zero-order valence-electron chi connectivity index (χ0n) is 14.1. The highest BCUT2D eigenvalue weighted by Crippen LogP contribution is 2.15. The number of nitrogens with zero attached hydrogens (tertiary/aromatic N) is 1. The molecule has 0 aliphatic carbocycles. The Labute approximate surface area is 142 Å². The number of carbonyl (C=O) groups excluding carboxylic acids is 1. The molecule has 2 N–H and O–H groups in total. The second-order valence-electron chi connectivity index (χ2n) is 6.48. The molecule has 1 aromatic rings. The predicted octanol–water partition coefficient (Wildman–Crippen LogP) is -0.513. The minimum Gasteiger partial charge on any atom is -0.351 e. The largest absolute Gasteiger partial charge is 0.351 e. The summed E-state index contributed by atoms with van der Waals surface area (Å²) in [6.07, 6.45) is 0. The van der Waals surface area contributed by atoms with Crippen LogP contribution in [0.4, 0.5) is 4.39 Å². The molecule has 1 amide bonds. The van der Waals surface area contributed by atoms with Crippen molar-refractivity contribution in [2.24, 2.45) is 5.92 Å². The Morgan fingerprint density at radius 3 is 2.38 bits per heavy atom. The van der Waals surface area contributed by atoms with Gasteiger partial charge in [-0.05, 0) is 30.2 Å². The van der Waals surface area contributed by atoms with Gasteiger partial charge in [0.05, 0.1) is 31.1 Å². The highest BCUT2D eigenvalue weighted by atomic mass is 32.2. The van der Waals surface area contributed by atoms with E-state index in [2.05, 4.69) is 5.32 Å². The maximum atomic E-state index is 13.0. The zero-order valence-corrected chi connectivity index (χ0v) is 14.9. The zero-order chi connectivity index (χ0) is 17.7. The number of piperazine rings is 1. The molecule has 0 radical (unpaired) electrons. The van der Waals surface area contributed by atoms with Gasteiger partial charge in [-0.25, -0.2) is 12.8 Å². The van der Waals surface area contributed by atoms with Gasteiger partial charge in [-0.15, -0.1) is 0 Å². The summed E-state index contributed by atoms with van der Waals surface area (Å²) in [5.74, 6) is -0.0641. The van der Waals surface area contributed by atoms with Crippen molar-refractivity contribution in [3.63, 3.8) is 0 Å². The second kappa shape index (κ2) is 8.04. The van der Waals surface area contributed by atoms with Crippen molar-refractivity contribution < 1.29 is 22.5 Å². The molecule has 0 atom stereocenters.